The molecule has 0 aliphatic heterocycles. The average molecular weight is 331 g/mol. The Kier molecular flexibility index (Phi) is 5.75. The van der Waals surface area contributed by atoms with Crippen molar-refractivity contribution in [3.8, 4) is 0 Å². The number of amides is 1. The van der Waals surface area contributed by atoms with Crippen LogP contribution in [-0.2, 0) is 9.59 Å². The summed E-state index contributed by atoms with van der Waals surface area (Å²) in [5, 5.41) is 12.0. The van der Waals surface area contributed by atoms with Crippen LogP contribution in [0.25, 0.3) is 0 Å². The molecular weight excluding hydrogens is 306 g/mol. The van der Waals surface area contributed by atoms with Crippen LogP contribution in [0.5, 0.6) is 0 Å². The summed E-state index contributed by atoms with van der Waals surface area (Å²) in [6.45, 7) is 3.35. The van der Waals surface area contributed by atoms with Gasteiger partial charge in [0.2, 0.25) is 5.91 Å². The number of anilines is 1. The Labute approximate surface area is 142 Å². The van der Waals surface area contributed by atoms with Gasteiger partial charge in [-0.2, -0.15) is 0 Å². The number of carboxylic acids is 1. The minimum absolute atomic E-state index is 0.00649. The van der Waals surface area contributed by atoms with E-state index in [2.05, 4.69) is 5.32 Å². The summed E-state index contributed by atoms with van der Waals surface area (Å²) in [6.07, 6.45) is 4.91. The Hall–Kier alpha value is -2.17. The molecule has 1 saturated carbocycles. The molecule has 0 spiro atoms. The average Bonchev–Trinajstić information content (AvgIpc) is 2.46. The molecule has 1 amide bonds. The maximum atomic E-state index is 12.4. The van der Waals surface area contributed by atoms with E-state index in [0.29, 0.717) is 11.3 Å². The number of carbonyl (C=O) groups is 3. The maximum absolute atomic E-state index is 12.4. The molecule has 5 heteroatoms. The van der Waals surface area contributed by atoms with E-state index in [1.807, 2.05) is 6.92 Å². The Morgan fingerprint density at radius 2 is 1.79 bits per heavy atom. The van der Waals surface area contributed by atoms with Crippen LogP contribution >= 0.6 is 0 Å². The van der Waals surface area contributed by atoms with Crippen LogP contribution < -0.4 is 5.32 Å². The van der Waals surface area contributed by atoms with Crippen molar-refractivity contribution in [2.45, 2.75) is 58.8 Å². The summed E-state index contributed by atoms with van der Waals surface area (Å²) in [5.41, 5.74) is 1.67. The van der Waals surface area contributed by atoms with Crippen LogP contribution in [0.15, 0.2) is 18.2 Å². The molecule has 24 heavy (non-hydrogen) atoms. The van der Waals surface area contributed by atoms with E-state index in [0.717, 1.165) is 37.7 Å². The van der Waals surface area contributed by atoms with Gasteiger partial charge in [-0.1, -0.05) is 19.3 Å². The van der Waals surface area contributed by atoms with Gasteiger partial charge in [-0.3, -0.25) is 14.4 Å². The minimum atomic E-state index is -0.841. The zero-order valence-corrected chi connectivity index (χ0v) is 14.4. The van der Waals surface area contributed by atoms with Crippen molar-refractivity contribution in [3.05, 3.63) is 29.3 Å². The van der Waals surface area contributed by atoms with E-state index < -0.39 is 11.4 Å². The molecule has 0 saturated heterocycles. The first-order chi connectivity index (χ1) is 11.3. The first-order valence-electron chi connectivity index (χ1n) is 8.45. The van der Waals surface area contributed by atoms with Crippen LogP contribution in [0.4, 0.5) is 5.69 Å². The molecule has 0 atom stereocenters. The van der Waals surface area contributed by atoms with Crippen LogP contribution in [0.1, 0.15) is 67.8 Å². The summed E-state index contributed by atoms with van der Waals surface area (Å²) in [5.74, 6) is -1.01. The van der Waals surface area contributed by atoms with Crippen molar-refractivity contribution >= 4 is 23.3 Å². The molecule has 0 aromatic heterocycles. The predicted molar refractivity (Wildman–Crippen MR) is 92.2 cm³/mol. The van der Waals surface area contributed by atoms with E-state index in [-0.39, 0.29) is 24.5 Å². The largest absolute Gasteiger partial charge is 0.481 e. The zero-order chi connectivity index (χ0) is 17.7. The second-order valence-electron chi connectivity index (χ2n) is 6.94. The van der Waals surface area contributed by atoms with E-state index >= 15 is 0 Å². The fourth-order valence-electron chi connectivity index (χ4n) is 3.72. The number of nitrogens with one attached hydrogen (secondary N) is 1. The highest BCUT2D eigenvalue weighted by Gasteiger charge is 2.36. The number of hydrogen-bond donors (Lipinski definition) is 2. The van der Waals surface area contributed by atoms with Crippen LogP contribution in [0.2, 0.25) is 0 Å². The van der Waals surface area contributed by atoms with E-state index in [9.17, 15) is 19.5 Å². The molecule has 0 unspecified atom stereocenters. The van der Waals surface area contributed by atoms with Gasteiger partial charge in [0.15, 0.2) is 5.78 Å². The van der Waals surface area contributed by atoms with Gasteiger partial charge in [0.05, 0.1) is 6.42 Å². The number of Topliss-reactive ketones (excluding diaryl/α,β-unsaturated/α-hetero) is 1. The highest BCUT2D eigenvalue weighted by Crippen LogP contribution is 2.42. The van der Waals surface area contributed by atoms with Gasteiger partial charge >= 0.3 is 5.97 Å². The molecule has 1 aromatic carbocycles. The predicted octanol–water partition coefficient (Wildman–Crippen LogP) is 3.95. The van der Waals surface area contributed by atoms with Gasteiger partial charge in [0, 0.05) is 17.7 Å². The molecule has 1 aliphatic rings. The van der Waals surface area contributed by atoms with Gasteiger partial charge in [0.1, 0.15) is 0 Å². The lowest BCUT2D eigenvalue weighted by atomic mass is 9.69. The Morgan fingerprint density at radius 1 is 1.12 bits per heavy atom. The SMILES string of the molecule is CC(=O)c1ccc(NC(=O)CC2(CC(=O)O)CCCCC2)cc1C. The molecule has 2 N–H and O–H groups in total. The fraction of sp³-hybridized carbons (Fsp3) is 0.526. The van der Waals surface area contributed by atoms with Crippen LogP contribution in [0, 0.1) is 12.3 Å². The molecule has 130 valence electrons. The van der Waals surface area contributed by atoms with Gasteiger partial charge in [0.25, 0.3) is 0 Å². The number of aryl methyl sites for hydroxylation is 1. The van der Waals surface area contributed by atoms with Gasteiger partial charge in [-0.25, -0.2) is 0 Å². The Morgan fingerprint density at radius 3 is 2.33 bits per heavy atom. The van der Waals surface area contributed by atoms with Gasteiger partial charge in [-0.05, 0) is 55.9 Å². The van der Waals surface area contributed by atoms with Crippen LogP contribution in [0.3, 0.4) is 0 Å². The molecule has 1 fully saturated rings. The first-order valence-corrected chi connectivity index (χ1v) is 8.45. The van der Waals surface area contributed by atoms with Crippen molar-refractivity contribution in [3.63, 3.8) is 0 Å². The van der Waals surface area contributed by atoms with Gasteiger partial charge in [-0.15, -0.1) is 0 Å². The third kappa shape index (κ3) is 4.66. The number of hydrogen-bond acceptors (Lipinski definition) is 3. The maximum Gasteiger partial charge on any atom is 0.303 e. The minimum Gasteiger partial charge on any atom is -0.481 e. The van der Waals surface area contributed by atoms with Crippen molar-refractivity contribution in [1.82, 2.24) is 0 Å². The lowest BCUT2D eigenvalue weighted by Gasteiger charge is -2.35. The third-order valence-electron chi connectivity index (χ3n) is 4.87. The number of rotatable bonds is 6. The molecule has 0 bridgehead atoms. The molecule has 5 nitrogen and oxygen atoms in total. The van der Waals surface area contributed by atoms with E-state index in [1.54, 1.807) is 18.2 Å². The topological polar surface area (TPSA) is 83.5 Å². The Bertz CT molecular complexity index is 645. The van der Waals surface area contributed by atoms with Gasteiger partial charge < -0.3 is 10.4 Å². The standard InChI is InChI=1S/C19H25NO4/c1-13-10-15(6-7-16(13)14(2)21)20-17(22)11-19(12-18(23)24)8-4-3-5-9-19/h6-7,10H,3-5,8-9,11-12H2,1-2H3,(H,20,22)(H,23,24). The second-order valence-corrected chi connectivity index (χ2v) is 6.94. The summed E-state index contributed by atoms with van der Waals surface area (Å²) in [4.78, 5) is 35.1. The number of aliphatic carboxylic acids is 1. The molecule has 2 rings (SSSR count). The normalized spacial score (nSPS) is 16.4. The second kappa shape index (κ2) is 7.60. The number of benzene rings is 1. The lowest BCUT2D eigenvalue weighted by Crippen LogP contribution is -2.32. The highest BCUT2D eigenvalue weighted by molar-refractivity contribution is 5.97. The number of ketones is 1. The highest BCUT2D eigenvalue weighted by atomic mass is 16.4. The van der Waals surface area contributed by atoms with Crippen molar-refractivity contribution in [2.75, 3.05) is 5.32 Å². The van der Waals surface area contributed by atoms with E-state index in [4.69, 9.17) is 0 Å². The van der Waals surface area contributed by atoms with Crippen molar-refractivity contribution in [1.29, 1.82) is 0 Å². The molecule has 0 heterocycles. The third-order valence-corrected chi connectivity index (χ3v) is 4.87. The number of carbonyl (C=O) groups excluding carboxylic acids is 2. The quantitative estimate of drug-likeness (QED) is 0.773. The number of carboxylic acid groups (broad SMARTS) is 1. The summed E-state index contributed by atoms with van der Waals surface area (Å²) >= 11 is 0. The smallest absolute Gasteiger partial charge is 0.303 e. The molecular formula is C19H25NO4. The van der Waals surface area contributed by atoms with Crippen LogP contribution in [-0.4, -0.2) is 22.8 Å². The van der Waals surface area contributed by atoms with Crippen molar-refractivity contribution < 1.29 is 19.5 Å². The zero-order valence-electron chi connectivity index (χ0n) is 14.4. The first kappa shape index (κ1) is 18.2. The molecule has 1 aliphatic carbocycles. The molecule has 1 aromatic rings. The summed E-state index contributed by atoms with van der Waals surface area (Å²) < 4.78 is 0. The molecule has 0 radical (unpaired) electrons. The van der Waals surface area contributed by atoms with Crippen molar-refractivity contribution in [2.24, 2.45) is 5.41 Å². The summed E-state index contributed by atoms with van der Waals surface area (Å²) in [6, 6.07) is 5.20. The summed E-state index contributed by atoms with van der Waals surface area (Å²) in [7, 11) is 0. The monoisotopic (exact) mass is 331 g/mol. The van der Waals surface area contributed by atoms with E-state index in [1.165, 1.54) is 6.92 Å². The fourth-order valence-corrected chi connectivity index (χ4v) is 3.72. The Balaban J connectivity index is 2.06. The lowest BCUT2D eigenvalue weighted by molar-refractivity contribution is -0.140.